The van der Waals surface area contributed by atoms with Gasteiger partial charge in [-0.3, -0.25) is 0 Å². The Morgan fingerprint density at radius 2 is 1.71 bits per heavy atom. The molecule has 0 heterocycles. The molecular weight excluding hydrogens is 261 g/mol. The summed E-state index contributed by atoms with van der Waals surface area (Å²) in [6, 6.07) is 3.92. The van der Waals surface area contributed by atoms with E-state index in [1.165, 1.54) is 32.1 Å². The lowest BCUT2D eigenvalue weighted by Gasteiger charge is -2.22. The molecule has 1 aromatic carbocycles. The summed E-state index contributed by atoms with van der Waals surface area (Å²) in [5.74, 6) is -0.0466. The molecule has 0 aliphatic heterocycles. The van der Waals surface area contributed by atoms with Crippen LogP contribution >= 0.6 is 0 Å². The Morgan fingerprint density at radius 1 is 1.00 bits per heavy atom. The van der Waals surface area contributed by atoms with Gasteiger partial charge in [-0.25, -0.2) is 4.39 Å². The van der Waals surface area contributed by atoms with Crippen molar-refractivity contribution in [2.24, 2.45) is 0 Å². The Kier molecular flexibility index (Phi) is 8.60. The zero-order valence-electron chi connectivity index (χ0n) is 14.3. The summed E-state index contributed by atoms with van der Waals surface area (Å²) in [7, 11) is 0. The monoisotopic (exact) mass is 293 g/mol. The molecule has 0 spiro atoms. The molecule has 0 aliphatic rings. The van der Waals surface area contributed by atoms with E-state index < -0.39 is 0 Å². The van der Waals surface area contributed by atoms with Crippen LogP contribution in [0.15, 0.2) is 12.1 Å². The van der Waals surface area contributed by atoms with Crippen molar-refractivity contribution in [3.63, 3.8) is 0 Å². The number of halogens is 1. The molecule has 0 fully saturated rings. The first-order valence-corrected chi connectivity index (χ1v) is 8.60. The van der Waals surface area contributed by atoms with Crippen molar-refractivity contribution in [1.82, 2.24) is 5.32 Å². The molecule has 0 aliphatic carbocycles. The molecule has 1 aromatic rings. The molecular formula is C19H32FN. The molecule has 21 heavy (non-hydrogen) atoms. The van der Waals surface area contributed by atoms with Gasteiger partial charge in [0.2, 0.25) is 0 Å². The van der Waals surface area contributed by atoms with Gasteiger partial charge < -0.3 is 5.32 Å². The second-order valence-electron chi connectivity index (χ2n) is 6.19. The molecule has 0 bridgehead atoms. The molecule has 1 nitrogen and oxygen atoms in total. The number of aryl methyl sites for hydroxylation is 2. The van der Waals surface area contributed by atoms with Crippen molar-refractivity contribution in [3.8, 4) is 0 Å². The third-order valence-corrected chi connectivity index (χ3v) is 4.07. The minimum atomic E-state index is -0.0466. The van der Waals surface area contributed by atoms with E-state index in [-0.39, 0.29) is 11.9 Å². The second-order valence-corrected chi connectivity index (χ2v) is 6.19. The molecule has 1 atom stereocenters. The van der Waals surface area contributed by atoms with Gasteiger partial charge in [0.25, 0.3) is 0 Å². The Bertz CT molecular complexity index is 391. The lowest BCUT2D eigenvalue weighted by atomic mass is 9.94. The van der Waals surface area contributed by atoms with E-state index in [0.717, 1.165) is 36.1 Å². The normalized spacial score (nSPS) is 12.6. The highest BCUT2D eigenvalue weighted by molar-refractivity contribution is 5.34. The van der Waals surface area contributed by atoms with E-state index in [4.69, 9.17) is 0 Å². The molecule has 2 heteroatoms. The summed E-state index contributed by atoms with van der Waals surface area (Å²) in [5, 5.41) is 3.54. The van der Waals surface area contributed by atoms with Gasteiger partial charge in [-0.1, -0.05) is 52.0 Å². The maximum absolute atomic E-state index is 14.4. The summed E-state index contributed by atoms with van der Waals surface area (Å²) in [4.78, 5) is 0. The van der Waals surface area contributed by atoms with Crippen molar-refractivity contribution in [2.45, 2.75) is 78.7 Å². The molecule has 0 saturated carbocycles. The van der Waals surface area contributed by atoms with Crippen LogP contribution in [-0.4, -0.2) is 6.54 Å². The van der Waals surface area contributed by atoms with Crippen LogP contribution in [0.1, 0.15) is 81.5 Å². The lowest BCUT2D eigenvalue weighted by molar-refractivity contribution is 0.448. The maximum Gasteiger partial charge on any atom is 0.128 e. The second kappa shape index (κ2) is 9.94. The van der Waals surface area contributed by atoms with Crippen molar-refractivity contribution >= 4 is 0 Å². The minimum absolute atomic E-state index is 0.0466. The van der Waals surface area contributed by atoms with Gasteiger partial charge in [0.05, 0.1) is 0 Å². The van der Waals surface area contributed by atoms with Crippen LogP contribution < -0.4 is 5.32 Å². The third-order valence-electron chi connectivity index (χ3n) is 4.07. The van der Waals surface area contributed by atoms with Crippen molar-refractivity contribution in [3.05, 3.63) is 34.6 Å². The van der Waals surface area contributed by atoms with Gasteiger partial charge in [-0.05, 0) is 50.4 Å². The molecule has 1 rings (SSSR count). The number of hydrogen-bond acceptors (Lipinski definition) is 1. The molecule has 1 unspecified atom stereocenters. The molecule has 0 amide bonds. The fraction of sp³-hybridized carbons (Fsp3) is 0.684. The van der Waals surface area contributed by atoms with Crippen molar-refractivity contribution in [2.75, 3.05) is 6.54 Å². The Balaban J connectivity index is 2.72. The zero-order chi connectivity index (χ0) is 15.7. The number of rotatable bonds is 10. The van der Waals surface area contributed by atoms with Crippen LogP contribution in [0, 0.1) is 19.7 Å². The fourth-order valence-electron chi connectivity index (χ4n) is 2.99. The van der Waals surface area contributed by atoms with Crippen molar-refractivity contribution < 1.29 is 4.39 Å². The van der Waals surface area contributed by atoms with Gasteiger partial charge >= 0.3 is 0 Å². The Labute approximate surface area is 130 Å². The number of benzene rings is 1. The van der Waals surface area contributed by atoms with Crippen LogP contribution in [-0.2, 0) is 0 Å². The van der Waals surface area contributed by atoms with E-state index in [1.54, 1.807) is 6.07 Å². The van der Waals surface area contributed by atoms with Gasteiger partial charge in [-0.2, -0.15) is 0 Å². The average molecular weight is 293 g/mol. The summed E-state index contributed by atoms with van der Waals surface area (Å²) < 4.78 is 14.4. The van der Waals surface area contributed by atoms with E-state index >= 15 is 0 Å². The van der Waals surface area contributed by atoms with E-state index in [2.05, 4.69) is 25.2 Å². The highest BCUT2D eigenvalue weighted by Crippen LogP contribution is 2.27. The molecule has 0 saturated heterocycles. The van der Waals surface area contributed by atoms with Crippen LogP contribution in [0.2, 0.25) is 0 Å². The highest BCUT2D eigenvalue weighted by Gasteiger charge is 2.17. The average Bonchev–Trinajstić information content (AvgIpc) is 2.42. The van der Waals surface area contributed by atoms with Crippen LogP contribution in [0.4, 0.5) is 4.39 Å². The molecule has 0 aromatic heterocycles. The standard InChI is InChI=1S/C19H32FN/c1-5-7-8-9-10-11-18(21-12-6-2)19-16(4)13-15(3)14-17(19)20/h13-14,18,21H,5-12H2,1-4H3. The van der Waals surface area contributed by atoms with E-state index in [9.17, 15) is 4.39 Å². The molecule has 0 radical (unpaired) electrons. The van der Waals surface area contributed by atoms with E-state index in [0.29, 0.717) is 0 Å². The lowest BCUT2D eigenvalue weighted by Crippen LogP contribution is -2.24. The van der Waals surface area contributed by atoms with Gasteiger partial charge in [0.1, 0.15) is 5.82 Å². The number of nitrogens with one attached hydrogen (secondary N) is 1. The summed E-state index contributed by atoms with van der Waals surface area (Å²) >= 11 is 0. The summed E-state index contributed by atoms with van der Waals surface area (Å²) in [6.07, 6.45) is 8.42. The smallest absolute Gasteiger partial charge is 0.128 e. The quantitative estimate of drug-likeness (QED) is 0.534. The molecule has 1 N–H and O–H groups in total. The van der Waals surface area contributed by atoms with Crippen molar-refractivity contribution in [1.29, 1.82) is 0 Å². The maximum atomic E-state index is 14.4. The Hall–Kier alpha value is -0.890. The fourth-order valence-corrected chi connectivity index (χ4v) is 2.99. The van der Waals surface area contributed by atoms with Gasteiger partial charge in [-0.15, -0.1) is 0 Å². The van der Waals surface area contributed by atoms with E-state index in [1.807, 2.05) is 13.8 Å². The topological polar surface area (TPSA) is 12.0 Å². The predicted octanol–water partition coefficient (Wildman–Crippen LogP) is 5.84. The van der Waals surface area contributed by atoms with Crippen LogP contribution in [0.5, 0.6) is 0 Å². The highest BCUT2D eigenvalue weighted by atomic mass is 19.1. The predicted molar refractivity (Wildman–Crippen MR) is 90.3 cm³/mol. The zero-order valence-corrected chi connectivity index (χ0v) is 14.3. The largest absolute Gasteiger partial charge is 0.310 e. The van der Waals surface area contributed by atoms with Crippen LogP contribution in [0.3, 0.4) is 0 Å². The van der Waals surface area contributed by atoms with Gasteiger partial charge in [0, 0.05) is 11.6 Å². The number of hydrogen-bond donors (Lipinski definition) is 1. The third kappa shape index (κ3) is 6.17. The molecule has 120 valence electrons. The van der Waals surface area contributed by atoms with Gasteiger partial charge in [0.15, 0.2) is 0 Å². The van der Waals surface area contributed by atoms with Crippen LogP contribution in [0.25, 0.3) is 0 Å². The Morgan fingerprint density at radius 3 is 2.33 bits per heavy atom. The first-order valence-electron chi connectivity index (χ1n) is 8.60. The number of unbranched alkanes of at least 4 members (excludes halogenated alkanes) is 4. The minimum Gasteiger partial charge on any atom is -0.310 e. The SMILES string of the molecule is CCCCCCCC(NCCC)c1c(C)cc(C)cc1F. The first kappa shape index (κ1) is 18.2. The summed E-state index contributed by atoms with van der Waals surface area (Å²) in [5.41, 5.74) is 2.96. The summed E-state index contributed by atoms with van der Waals surface area (Å²) in [6.45, 7) is 9.33. The first-order chi connectivity index (χ1) is 10.1.